The lowest BCUT2D eigenvalue weighted by atomic mass is 10.1. The topological polar surface area (TPSA) is 122 Å². The number of carbonyl (C=O) groups excluding carboxylic acids is 3. The SMILES string of the molecule is Cc1ccc(S(=O)(=O)N[C@H](C(=O)OCC(=O)NCC(=O)N(C)C)C(C)C)cc1C. The number of ether oxygens (including phenoxy) is 1. The first-order valence-corrected chi connectivity index (χ1v) is 10.6. The molecule has 0 saturated heterocycles. The van der Waals surface area contributed by atoms with E-state index in [9.17, 15) is 22.8 Å². The standard InChI is InChI=1S/C19H29N3O6S/c1-12(2)18(19(25)28-11-16(23)20-10-17(24)22(5)6)21-29(26,27)15-8-7-13(3)14(4)9-15/h7-9,12,18,21H,10-11H2,1-6H3,(H,20,23)/t18-/m0/s1. The fourth-order valence-electron chi connectivity index (χ4n) is 2.18. The van der Waals surface area contributed by atoms with Gasteiger partial charge in [-0.05, 0) is 43.0 Å². The van der Waals surface area contributed by atoms with Gasteiger partial charge < -0.3 is 15.0 Å². The molecule has 0 aromatic heterocycles. The Labute approximate surface area is 171 Å². The van der Waals surface area contributed by atoms with Crippen molar-refractivity contribution in [2.24, 2.45) is 5.92 Å². The third-order valence-corrected chi connectivity index (χ3v) is 5.71. The number of aryl methyl sites for hydroxylation is 2. The van der Waals surface area contributed by atoms with Gasteiger partial charge in [-0.1, -0.05) is 19.9 Å². The van der Waals surface area contributed by atoms with E-state index in [1.165, 1.54) is 17.0 Å². The first kappa shape index (κ1) is 24.6. The number of hydrogen-bond acceptors (Lipinski definition) is 6. The van der Waals surface area contributed by atoms with Crippen LogP contribution < -0.4 is 10.0 Å². The van der Waals surface area contributed by atoms with Crippen LogP contribution in [0.5, 0.6) is 0 Å². The number of rotatable bonds is 9. The van der Waals surface area contributed by atoms with Crippen LogP contribution in [0.25, 0.3) is 0 Å². The molecule has 2 N–H and O–H groups in total. The number of esters is 1. The first-order chi connectivity index (χ1) is 13.3. The molecule has 0 aliphatic rings. The van der Waals surface area contributed by atoms with Crippen LogP contribution in [-0.4, -0.2) is 64.4 Å². The Morgan fingerprint density at radius 2 is 1.72 bits per heavy atom. The van der Waals surface area contributed by atoms with Gasteiger partial charge in [-0.3, -0.25) is 14.4 Å². The van der Waals surface area contributed by atoms with Crippen molar-refractivity contribution in [3.8, 4) is 0 Å². The summed E-state index contributed by atoms with van der Waals surface area (Å²) in [4.78, 5) is 36.9. The van der Waals surface area contributed by atoms with Crippen LogP contribution in [0, 0.1) is 19.8 Å². The van der Waals surface area contributed by atoms with E-state index >= 15 is 0 Å². The summed E-state index contributed by atoms with van der Waals surface area (Å²) in [6.45, 7) is 6.13. The zero-order valence-electron chi connectivity index (χ0n) is 17.6. The first-order valence-electron chi connectivity index (χ1n) is 9.08. The lowest BCUT2D eigenvalue weighted by Crippen LogP contribution is -2.46. The summed E-state index contributed by atoms with van der Waals surface area (Å²) in [7, 11) is -0.870. The van der Waals surface area contributed by atoms with Crippen molar-refractivity contribution in [3.63, 3.8) is 0 Å². The number of hydrogen-bond donors (Lipinski definition) is 2. The Hall–Kier alpha value is -2.46. The number of sulfonamides is 1. The number of nitrogens with zero attached hydrogens (tertiary/aromatic N) is 1. The highest BCUT2D eigenvalue weighted by Gasteiger charge is 2.30. The summed E-state index contributed by atoms with van der Waals surface area (Å²) in [6, 6.07) is 3.50. The fourth-order valence-corrected chi connectivity index (χ4v) is 3.60. The number of nitrogens with one attached hydrogen (secondary N) is 2. The minimum atomic E-state index is -3.96. The highest BCUT2D eigenvalue weighted by molar-refractivity contribution is 7.89. The Morgan fingerprint density at radius 3 is 2.24 bits per heavy atom. The molecule has 0 spiro atoms. The van der Waals surface area contributed by atoms with E-state index in [0.29, 0.717) is 0 Å². The molecule has 0 saturated carbocycles. The highest BCUT2D eigenvalue weighted by Crippen LogP contribution is 2.16. The van der Waals surface area contributed by atoms with Crippen molar-refractivity contribution in [1.82, 2.24) is 14.9 Å². The van der Waals surface area contributed by atoms with E-state index in [1.54, 1.807) is 40.9 Å². The van der Waals surface area contributed by atoms with Gasteiger partial charge >= 0.3 is 5.97 Å². The Kier molecular flexibility index (Phi) is 8.78. The van der Waals surface area contributed by atoms with Crippen molar-refractivity contribution >= 4 is 27.8 Å². The molecule has 1 atom stereocenters. The van der Waals surface area contributed by atoms with Gasteiger partial charge in [-0.15, -0.1) is 0 Å². The minimum absolute atomic E-state index is 0.0407. The van der Waals surface area contributed by atoms with Crippen LogP contribution in [0.3, 0.4) is 0 Å². The minimum Gasteiger partial charge on any atom is -0.454 e. The summed E-state index contributed by atoms with van der Waals surface area (Å²) in [5, 5.41) is 2.33. The normalized spacial score (nSPS) is 12.4. The van der Waals surface area contributed by atoms with Crippen LogP contribution >= 0.6 is 0 Å². The largest absolute Gasteiger partial charge is 0.454 e. The maximum atomic E-state index is 12.7. The van der Waals surface area contributed by atoms with E-state index in [0.717, 1.165) is 11.1 Å². The van der Waals surface area contributed by atoms with Gasteiger partial charge in [0, 0.05) is 14.1 Å². The van der Waals surface area contributed by atoms with E-state index in [1.807, 2.05) is 6.92 Å². The highest BCUT2D eigenvalue weighted by atomic mass is 32.2. The molecule has 0 aliphatic heterocycles. The maximum Gasteiger partial charge on any atom is 0.324 e. The third-order valence-electron chi connectivity index (χ3n) is 4.27. The quantitative estimate of drug-likeness (QED) is 0.549. The van der Waals surface area contributed by atoms with Gasteiger partial charge in [0.2, 0.25) is 15.9 Å². The van der Waals surface area contributed by atoms with Crippen molar-refractivity contribution < 1.29 is 27.5 Å². The van der Waals surface area contributed by atoms with Gasteiger partial charge in [0.25, 0.3) is 5.91 Å². The van der Waals surface area contributed by atoms with Crippen molar-refractivity contribution in [1.29, 1.82) is 0 Å². The van der Waals surface area contributed by atoms with Crippen LogP contribution in [0.2, 0.25) is 0 Å². The number of benzene rings is 1. The predicted molar refractivity (Wildman–Crippen MR) is 108 cm³/mol. The maximum absolute atomic E-state index is 12.7. The van der Waals surface area contributed by atoms with Gasteiger partial charge in [-0.2, -0.15) is 4.72 Å². The molecule has 29 heavy (non-hydrogen) atoms. The number of amides is 2. The van der Waals surface area contributed by atoms with Crippen LogP contribution in [-0.2, 0) is 29.1 Å². The Bertz CT molecular complexity index is 865. The number of carbonyl (C=O) groups is 3. The molecule has 1 rings (SSSR count). The lowest BCUT2D eigenvalue weighted by Gasteiger charge is -2.21. The van der Waals surface area contributed by atoms with Crippen molar-refractivity contribution in [3.05, 3.63) is 29.3 Å². The van der Waals surface area contributed by atoms with Gasteiger partial charge in [0.05, 0.1) is 11.4 Å². The van der Waals surface area contributed by atoms with Gasteiger partial charge in [0.15, 0.2) is 6.61 Å². The van der Waals surface area contributed by atoms with Crippen molar-refractivity contribution in [2.75, 3.05) is 27.2 Å². The molecule has 10 heteroatoms. The molecule has 2 amide bonds. The van der Waals surface area contributed by atoms with Crippen LogP contribution in [0.4, 0.5) is 0 Å². The Balaban J connectivity index is 2.76. The van der Waals surface area contributed by atoms with E-state index < -0.39 is 40.5 Å². The number of likely N-dealkylation sites (N-methyl/N-ethyl adjacent to an activating group) is 1. The van der Waals surface area contributed by atoms with Gasteiger partial charge in [0.1, 0.15) is 6.04 Å². The summed E-state index contributed by atoms with van der Waals surface area (Å²) < 4.78 is 32.6. The summed E-state index contributed by atoms with van der Waals surface area (Å²) >= 11 is 0. The molecular weight excluding hydrogens is 398 g/mol. The molecule has 1 aromatic carbocycles. The summed E-state index contributed by atoms with van der Waals surface area (Å²) in [5.74, 6) is -2.26. The molecule has 0 unspecified atom stereocenters. The lowest BCUT2D eigenvalue weighted by molar-refractivity contribution is -0.151. The molecule has 162 valence electrons. The molecular formula is C19H29N3O6S. The molecule has 0 heterocycles. The summed E-state index contributed by atoms with van der Waals surface area (Å²) in [6.07, 6.45) is 0. The monoisotopic (exact) mass is 427 g/mol. The van der Waals surface area contributed by atoms with Gasteiger partial charge in [-0.25, -0.2) is 8.42 Å². The molecule has 0 radical (unpaired) electrons. The Morgan fingerprint density at radius 1 is 1.10 bits per heavy atom. The molecule has 0 bridgehead atoms. The van der Waals surface area contributed by atoms with E-state index in [4.69, 9.17) is 4.74 Å². The average Bonchev–Trinajstić information content (AvgIpc) is 2.63. The second-order valence-corrected chi connectivity index (χ2v) is 8.98. The second kappa shape index (κ2) is 10.4. The van der Waals surface area contributed by atoms with Crippen molar-refractivity contribution in [2.45, 2.75) is 38.6 Å². The second-order valence-electron chi connectivity index (χ2n) is 7.26. The zero-order valence-corrected chi connectivity index (χ0v) is 18.4. The fraction of sp³-hybridized carbons (Fsp3) is 0.526. The molecule has 0 fully saturated rings. The summed E-state index contributed by atoms with van der Waals surface area (Å²) in [5.41, 5.74) is 1.75. The molecule has 9 nitrogen and oxygen atoms in total. The predicted octanol–water partition coefficient (Wildman–Crippen LogP) is 0.354. The molecule has 1 aromatic rings. The van der Waals surface area contributed by atoms with Crippen LogP contribution in [0.15, 0.2) is 23.1 Å². The van der Waals surface area contributed by atoms with E-state index in [2.05, 4.69) is 10.0 Å². The van der Waals surface area contributed by atoms with E-state index in [-0.39, 0.29) is 17.3 Å². The third kappa shape index (κ3) is 7.47. The zero-order chi connectivity index (χ0) is 22.4. The average molecular weight is 428 g/mol. The van der Waals surface area contributed by atoms with Crippen LogP contribution in [0.1, 0.15) is 25.0 Å². The smallest absolute Gasteiger partial charge is 0.324 e. The molecule has 0 aliphatic carbocycles.